The van der Waals surface area contributed by atoms with Crippen LogP contribution in [0.3, 0.4) is 0 Å². The molecule has 3 heterocycles. The van der Waals surface area contributed by atoms with Crippen LogP contribution < -0.4 is 0 Å². The van der Waals surface area contributed by atoms with Crippen molar-refractivity contribution in [2.24, 2.45) is 0 Å². The van der Waals surface area contributed by atoms with Crippen molar-refractivity contribution in [3.05, 3.63) is 53.0 Å². The third-order valence-corrected chi connectivity index (χ3v) is 7.74. The standard InChI is InChI=1S/C17H21N3O3S3/c1-2-5-19(13-14-4-3-8-25-14)17(21)16-11-15(12-18-16)26(22,23)20-6-9-24-10-7-20/h2-4,8,11-12,18H,1,5-7,9-10,13H2. The molecule has 1 aliphatic heterocycles. The van der Waals surface area contributed by atoms with E-state index >= 15 is 0 Å². The Bertz CT molecular complexity index is 853. The fourth-order valence-corrected chi connectivity index (χ4v) is 6.01. The molecule has 0 unspecified atom stereocenters. The van der Waals surface area contributed by atoms with Gasteiger partial charge in [-0.1, -0.05) is 12.1 Å². The number of rotatable bonds is 7. The van der Waals surface area contributed by atoms with Gasteiger partial charge in [-0.25, -0.2) is 8.42 Å². The second-order valence-corrected chi connectivity index (χ2v) is 10.0. The first-order valence-corrected chi connectivity index (χ1v) is 11.7. The summed E-state index contributed by atoms with van der Waals surface area (Å²) in [6.07, 6.45) is 3.07. The minimum absolute atomic E-state index is 0.141. The van der Waals surface area contributed by atoms with Gasteiger partial charge in [-0.3, -0.25) is 4.79 Å². The number of carbonyl (C=O) groups excluding carboxylic acids is 1. The van der Waals surface area contributed by atoms with E-state index < -0.39 is 10.0 Å². The Balaban J connectivity index is 1.78. The topological polar surface area (TPSA) is 73.5 Å². The maximum Gasteiger partial charge on any atom is 0.270 e. The number of amides is 1. The molecule has 0 bridgehead atoms. The van der Waals surface area contributed by atoms with Gasteiger partial charge in [-0.2, -0.15) is 16.1 Å². The van der Waals surface area contributed by atoms with Crippen LogP contribution in [0.4, 0.5) is 0 Å². The number of nitrogens with zero attached hydrogens (tertiary/aromatic N) is 2. The van der Waals surface area contributed by atoms with Crippen molar-refractivity contribution >= 4 is 39.0 Å². The minimum Gasteiger partial charge on any atom is -0.356 e. The quantitative estimate of drug-likeness (QED) is 0.711. The number of thioether (sulfide) groups is 1. The van der Waals surface area contributed by atoms with Crippen LogP contribution in [0.5, 0.6) is 0 Å². The van der Waals surface area contributed by atoms with Crippen LogP contribution >= 0.6 is 23.1 Å². The Hall–Kier alpha value is -1.55. The van der Waals surface area contributed by atoms with Crippen LogP contribution in [0, 0.1) is 0 Å². The van der Waals surface area contributed by atoms with Crippen molar-refractivity contribution in [1.29, 1.82) is 0 Å². The molecule has 2 aromatic rings. The first-order chi connectivity index (χ1) is 12.5. The summed E-state index contributed by atoms with van der Waals surface area (Å²) in [6, 6.07) is 5.34. The van der Waals surface area contributed by atoms with E-state index in [0.29, 0.717) is 26.2 Å². The molecule has 6 nitrogen and oxygen atoms in total. The number of nitrogens with one attached hydrogen (secondary N) is 1. The number of sulfonamides is 1. The molecule has 9 heteroatoms. The maximum atomic E-state index is 12.8. The van der Waals surface area contributed by atoms with E-state index in [9.17, 15) is 13.2 Å². The van der Waals surface area contributed by atoms with Crippen LogP contribution in [0.2, 0.25) is 0 Å². The number of thiophene rings is 1. The van der Waals surface area contributed by atoms with E-state index in [1.165, 1.54) is 16.6 Å². The molecule has 1 N–H and O–H groups in total. The molecule has 3 rings (SSSR count). The molecule has 1 saturated heterocycles. The maximum absolute atomic E-state index is 12.8. The predicted octanol–water partition coefficient (Wildman–Crippen LogP) is 2.64. The van der Waals surface area contributed by atoms with Crippen LogP contribution in [0.15, 0.2) is 47.3 Å². The highest BCUT2D eigenvalue weighted by Gasteiger charge is 2.28. The van der Waals surface area contributed by atoms with Crippen molar-refractivity contribution in [2.75, 3.05) is 31.1 Å². The number of H-pyrrole nitrogens is 1. The number of aromatic nitrogens is 1. The number of aromatic amines is 1. The zero-order valence-electron chi connectivity index (χ0n) is 14.3. The number of hydrogen-bond acceptors (Lipinski definition) is 5. The second-order valence-electron chi connectivity index (χ2n) is 5.82. The molecule has 2 aromatic heterocycles. The Kier molecular flexibility index (Phi) is 6.23. The van der Waals surface area contributed by atoms with Crippen molar-refractivity contribution < 1.29 is 13.2 Å². The molecule has 140 valence electrons. The lowest BCUT2D eigenvalue weighted by Gasteiger charge is -2.25. The van der Waals surface area contributed by atoms with Gasteiger partial charge in [0.05, 0.1) is 6.54 Å². The lowest BCUT2D eigenvalue weighted by atomic mass is 10.3. The molecule has 1 amide bonds. The fourth-order valence-electron chi connectivity index (χ4n) is 2.72. The molecule has 1 aliphatic rings. The first kappa shape index (κ1) is 19.2. The molecule has 0 atom stereocenters. The highest BCUT2D eigenvalue weighted by atomic mass is 32.2. The SMILES string of the molecule is C=CCN(Cc1cccs1)C(=O)c1cc(S(=O)(=O)N2CCSCC2)c[nH]1. The molecular weight excluding hydrogens is 390 g/mol. The Morgan fingerprint density at radius 2 is 2.15 bits per heavy atom. The zero-order chi connectivity index (χ0) is 18.6. The largest absolute Gasteiger partial charge is 0.356 e. The van der Waals surface area contributed by atoms with Crippen LogP contribution in [-0.4, -0.2) is 59.7 Å². The fraction of sp³-hybridized carbons (Fsp3) is 0.353. The lowest BCUT2D eigenvalue weighted by Crippen LogP contribution is -2.37. The van der Waals surface area contributed by atoms with Gasteiger partial charge >= 0.3 is 0 Å². The van der Waals surface area contributed by atoms with Gasteiger partial charge in [0.15, 0.2) is 0 Å². The van der Waals surface area contributed by atoms with E-state index in [-0.39, 0.29) is 16.5 Å². The van der Waals surface area contributed by atoms with Crippen LogP contribution in [-0.2, 0) is 16.6 Å². The summed E-state index contributed by atoms with van der Waals surface area (Å²) in [5, 5.41) is 1.96. The average Bonchev–Trinajstić information content (AvgIpc) is 3.34. The molecule has 0 radical (unpaired) electrons. The van der Waals surface area contributed by atoms with Gasteiger partial charge in [0.2, 0.25) is 10.0 Å². The summed E-state index contributed by atoms with van der Waals surface area (Å²) in [7, 11) is -3.56. The van der Waals surface area contributed by atoms with Crippen molar-refractivity contribution in [2.45, 2.75) is 11.4 Å². The van der Waals surface area contributed by atoms with Gasteiger partial charge in [0.1, 0.15) is 10.6 Å². The predicted molar refractivity (Wildman–Crippen MR) is 106 cm³/mol. The third-order valence-electron chi connectivity index (χ3n) is 4.06. The van der Waals surface area contributed by atoms with Crippen molar-refractivity contribution in [3.8, 4) is 0 Å². The van der Waals surface area contributed by atoms with Crippen molar-refractivity contribution in [1.82, 2.24) is 14.2 Å². The summed E-state index contributed by atoms with van der Waals surface area (Å²) in [5.41, 5.74) is 0.272. The molecule has 26 heavy (non-hydrogen) atoms. The Labute approximate surface area is 161 Å². The summed E-state index contributed by atoms with van der Waals surface area (Å²) in [5.74, 6) is 1.35. The molecular formula is C17H21N3O3S3. The van der Waals surface area contributed by atoms with Gasteiger partial charge in [-0.05, 0) is 17.5 Å². The molecule has 0 aromatic carbocycles. The molecule has 0 aliphatic carbocycles. The van der Waals surface area contributed by atoms with Crippen LogP contribution in [0.25, 0.3) is 0 Å². The minimum atomic E-state index is -3.56. The van der Waals surface area contributed by atoms with E-state index in [4.69, 9.17) is 0 Å². The molecule has 1 fully saturated rings. The van der Waals surface area contributed by atoms with E-state index in [0.717, 1.165) is 16.4 Å². The summed E-state index contributed by atoms with van der Waals surface area (Å²) in [6.45, 7) is 5.57. The monoisotopic (exact) mass is 411 g/mol. The zero-order valence-corrected chi connectivity index (χ0v) is 16.7. The van der Waals surface area contributed by atoms with Crippen molar-refractivity contribution in [3.63, 3.8) is 0 Å². The Morgan fingerprint density at radius 1 is 1.38 bits per heavy atom. The van der Waals surface area contributed by atoms with Gasteiger partial charge < -0.3 is 9.88 Å². The lowest BCUT2D eigenvalue weighted by molar-refractivity contribution is 0.0759. The molecule has 0 spiro atoms. The number of hydrogen-bond donors (Lipinski definition) is 1. The summed E-state index contributed by atoms with van der Waals surface area (Å²) < 4.78 is 26.9. The highest BCUT2D eigenvalue weighted by molar-refractivity contribution is 7.99. The Morgan fingerprint density at radius 3 is 2.81 bits per heavy atom. The van der Waals surface area contributed by atoms with E-state index in [1.807, 2.05) is 17.5 Å². The average molecular weight is 412 g/mol. The van der Waals surface area contributed by atoms with Gasteiger partial charge in [0.25, 0.3) is 5.91 Å². The third kappa shape index (κ3) is 4.22. The normalized spacial score (nSPS) is 15.7. The smallest absolute Gasteiger partial charge is 0.270 e. The van der Waals surface area contributed by atoms with Gasteiger partial charge in [-0.15, -0.1) is 17.9 Å². The van der Waals surface area contributed by atoms with E-state index in [2.05, 4.69) is 11.6 Å². The highest BCUT2D eigenvalue weighted by Crippen LogP contribution is 2.22. The number of carbonyl (C=O) groups is 1. The molecule has 0 saturated carbocycles. The summed E-state index contributed by atoms with van der Waals surface area (Å²) in [4.78, 5) is 18.5. The second kappa shape index (κ2) is 8.43. The van der Waals surface area contributed by atoms with E-state index in [1.54, 1.807) is 34.1 Å². The van der Waals surface area contributed by atoms with Gasteiger partial charge in [0, 0.05) is 42.2 Å². The van der Waals surface area contributed by atoms with Crippen LogP contribution in [0.1, 0.15) is 15.4 Å². The first-order valence-electron chi connectivity index (χ1n) is 8.21. The summed E-state index contributed by atoms with van der Waals surface area (Å²) >= 11 is 3.32.